The maximum atomic E-state index is 14.5. The standard InChI is InChI=1S/C56H80N16O18/c1-4-29(2)45(53(86)63-30(3)46(79)64-35(14-15-44(77)78)48(81)66-37(18-31-10-6-5-7-11-31)54(87)72-17-9-13-42(72)52(85)69-40(26-75)56(89)90)70-43(76)23-60-51(84)41-12-8-16-71(41)55(88)38(20-33-22-59-28-62-33)67-49(82)36(19-32-21-58-27-61-32)65-50(83)39(25-74)68-47(80)34(57)24-73/h5-7,10-11,21-22,27-30,34-42,45,73-75H,4,8-9,12-20,23-26,57H2,1-3H3,(H,58,61)(H,59,62)(H,60,84)(H,63,86)(H,64,79)(H,65,83)(H,66,81)(H,67,82)(H,68,80)(H,69,85)(H,70,76)(H,77,78)(H,89,90)/t29-,30-,34-,35-,36-,37-,38-,39-,40-,41-,42-,45-/m0/s1. The number of nitrogens with one attached hydrogen (secondary N) is 11. The van der Waals surface area contributed by atoms with Crippen LogP contribution in [-0.4, -0.2) is 238 Å². The number of carboxylic acids is 2. The van der Waals surface area contributed by atoms with Gasteiger partial charge in [0, 0.05) is 62.6 Å². The van der Waals surface area contributed by atoms with E-state index < -0.39 is 189 Å². The molecule has 492 valence electrons. The molecule has 1 aromatic carbocycles. The molecule has 2 saturated heterocycles. The van der Waals surface area contributed by atoms with Crippen molar-refractivity contribution in [3.8, 4) is 0 Å². The number of nitrogens with two attached hydrogens (primary N) is 1. The quantitative estimate of drug-likeness (QED) is 0.0260. The number of aliphatic hydroxyl groups is 3. The molecule has 0 spiro atoms. The molecular weight excluding hydrogens is 1180 g/mol. The molecule has 0 radical (unpaired) electrons. The molecule has 2 aliphatic heterocycles. The van der Waals surface area contributed by atoms with E-state index in [-0.39, 0.29) is 45.2 Å². The summed E-state index contributed by atoms with van der Waals surface area (Å²) in [7, 11) is 0. The van der Waals surface area contributed by atoms with Gasteiger partial charge in [-0.2, -0.15) is 0 Å². The minimum Gasteiger partial charge on any atom is -0.481 e. The van der Waals surface area contributed by atoms with Crippen LogP contribution in [0.15, 0.2) is 55.4 Å². The molecular formula is C56H80N16O18. The van der Waals surface area contributed by atoms with Gasteiger partial charge < -0.3 is 98.9 Å². The van der Waals surface area contributed by atoms with Crippen molar-refractivity contribution in [2.75, 3.05) is 39.5 Å². The average molecular weight is 1270 g/mol. The Balaban J connectivity index is 1.23. The predicted molar refractivity (Wildman–Crippen MR) is 312 cm³/mol. The van der Waals surface area contributed by atoms with Gasteiger partial charge in [0.1, 0.15) is 66.5 Å². The summed E-state index contributed by atoms with van der Waals surface area (Å²) in [4.78, 5) is 191. The van der Waals surface area contributed by atoms with Crippen LogP contribution in [0.2, 0.25) is 0 Å². The molecule has 3 aromatic rings. The van der Waals surface area contributed by atoms with E-state index in [4.69, 9.17) is 5.73 Å². The fourth-order valence-corrected chi connectivity index (χ4v) is 9.94. The van der Waals surface area contributed by atoms with Gasteiger partial charge in [-0.1, -0.05) is 50.6 Å². The van der Waals surface area contributed by atoms with Crippen LogP contribution in [0, 0.1) is 5.92 Å². The summed E-state index contributed by atoms with van der Waals surface area (Å²) < 4.78 is 0. The van der Waals surface area contributed by atoms with Crippen molar-refractivity contribution < 1.29 is 87.9 Å². The number of imidazole rings is 2. The molecule has 2 aliphatic rings. The van der Waals surface area contributed by atoms with Crippen molar-refractivity contribution in [2.45, 2.75) is 151 Å². The number of carbonyl (C=O) groups excluding carboxylic acids is 11. The molecule has 12 atom stereocenters. The number of rotatable bonds is 35. The summed E-state index contributed by atoms with van der Waals surface area (Å²) in [6.07, 6.45) is 4.96. The van der Waals surface area contributed by atoms with Gasteiger partial charge in [0.05, 0.1) is 39.0 Å². The molecule has 90 heavy (non-hydrogen) atoms. The average Bonchev–Trinajstić information content (AvgIpc) is 1.69. The summed E-state index contributed by atoms with van der Waals surface area (Å²) in [5.74, 6) is -13.1. The molecule has 4 heterocycles. The molecule has 11 amide bonds. The molecule has 0 aliphatic carbocycles. The smallest absolute Gasteiger partial charge is 0.328 e. The van der Waals surface area contributed by atoms with Crippen molar-refractivity contribution in [1.29, 1.82) is 0 Å². The van der Waals surface area contributed by atoms with Crippen molar-refractivity contribution in [2.24, 2.45) is 11.7 Å². The summed E-state index contributed by atoms with van der Waals surface area (Å²) in [6.45, 7) is 1.36. The van der Waals surface area contributed by atoms with Crippen molar-refractivity contribution in [3.63, 3.8) is 0 Å². The van der Waals surface area contributed by atoms with E-state index in [1.165, 1.54) is 41.8 Å². The minimum atomic E-state index is -1.66. The van der Waals surface area contributed by atoms with E-state index in [1.54, 1.807) is 44.2 Å². The number of likely N-dealkylation sites (tertiary alicyclic amines) is 2. The van der Waals surface area contributed by atoms with Gasteiger partial charge in [-0.25, -0.2) is 14.8 Å². The number of aliphatic carboxylic acids is 2. The number of aromatic amines is 2. The van der Waals surface area contributed by atoms with Gasteiger partial charge in [0.25, 0.3) is 0 Å². The Morgan fingerprint density at radius 2 is 1.10 bits per heavy atom. The van der Waals surface area contributed by atoms with Crippen LogP contribution in [0.5, 0.6) is 0 Å². The molecule has 0 saturated carbocycles. The second-order valence-corrected chi connectivity index (χ2v) is 21.8. The van der Waals surface area contributed by atoms with Gasteiger partial charge in [-0.15, -0.1) is 0 Å². The lowest BCUT2D eigenvalue weighted by Gasteiger charge is -2.30. The normalized spacial score (nSPS) is 17.9. The van der Waals surface area contributed by atoms with E-state index in [2.05, 4.69) is 67.8 Å². The first-order valence-corrected chi connectivity index (χ1v) is 29.2. The number of H-pyrrole nitrogens is 2. The Bertz CT molecular complexity index is 2970. The maximum absolute atomic E-state index is 14.5. The van der Waals surface area contributed by atoms with Gasteiger partial charge in [0.2, 0.25) is 65.0 Å². The largest absolute Gasteiger partial charge is 0.481 e. The van der Waals surface area contributed by atoms with Crippen LogP contribution in [0.4, 0.5) is 0 Å². The van der Waals surface area contributed by atoms with E-state index in [1.807, 2.05) is 0 Å². The molecule has 0 unspecified atom stereocenters. The van der Waals surface area contributed by atoms with Gasteiger partial charge in [-0.05, 0) is 50.5 Å². The number of aliphatic hydroxyl groups excluding tert-OH is 3. The van der Waals surface area contributed by atoms with Crippen molar-refractivity contribution >= 4 is 76.9 Å². The van der Waals surface area contributed by atoms with E-state index in [0.717, 1.165) is 0 Å². The summed E-state index contributed by atoms with van der Waals surface area (Å²) in [5, 5.41) is 69.8. The zero-order valence-electron chi connectivity index (χ0n) is 49.8. The lowest BCUT2D eigenvalue weighted by molar-refractivity contribution is -0.146. The third-order valence-electron chi connectivity index (χ3n) is 15.2. The maximum Gasteiger partial charge on any atom is 0.328 e. The van der Waals surface area contributed by atoms with E-state index >= 15 is 0 Å². The predicted octanol–water partition coefficient (Wildman–Crippen LogP) is -6.54. The van der Waals surface area contributed by atoms with Crippen LogP contribution in [0.3, 0.4) is 0 Å². The van der Waals surface area contributed by atoms with Gasteiger partial charge in [-0.3, -0.25) is 57.5 Å². The van der Waals surface area contributed by atoms with E-state index in [0.29, 0.717) is 36.2 Å². The minimum absolute atomic E-state index is 0.0352. The molecule has 2 aromatic heterocycles. The molecule has 2 fully saturated rings. The summed E-state index contributed by atoms with van der Waals surface area (Å²) in [5.41, 5.74) is 6.86. The third-order valence-corrected chi connectivity index (χ3v) is 15.2. The number of benzene rings is 1. The molecule has 0 bridgehead atoms. The highest BCUT2D eigenvalue weighted by molar-refractivity contribution is 5.99. The number of aromatic nitrogens is 4. The number of hydrogen-bond acceptors (Lipinski definition) is 19. The highest BCUT2D eigenvalue weighted by atomic mass is 16.4. The van der Waals surface area contributed by atoms with Gasteiger partial charge in [0.15, 0.2) is 0 Å². The SMILES string of the molecule is CC[C@H](C)[C@H](NC(=O)CNC(=O)[C@@H]1CCCN1C(=O)[C@H](Cc1cnc[nH]1)NC(=O)[C@H](Cc1cnc[nH]1)NC(=O)[C@H](CO)NC(=O)[C@@H](N)CO)C(=O)N[C@@H](C)C(=O)N[C@@H](CCC(=O)O)C(=O)N[C@@H](Cc1ccccc1)C(=O)N1CCC[C@H]1C(=O)N[C@@H](CO)C(=O)O. The summed E-state index contributed by atoms with van der Waals surface area (Å²) in [6, 6.07) is -7.29. The molecule has 34 heteroatoms. The number of amides is 11. The topological polar surface area (TPSA) is 521 Å². The summed E-state index contributed by atoms with van der Waals surface area (Å²) >= 11 is 0. The highest BCUT2D eigenvalue weighted by Gasteiger charge is 2.42. The zero-order valence-corrected chi connectivity index (χ0v) is 49.8. The zero-order chi connectivity index (χ0) is 66.2. The lowest BCUT2D eigenvalue weighted by Crippen LogP contribution is -2.60. The van der Waals surface area contributed by atoms with Crippen LogP contribution in [0.25, 0.3) is 0 Å². The Kier molecular flexibility index (Phi) is 27.7. The third kappa shape index (κ3) is 20.9. The van der Waals surface area contributed by atoms with Gasteiger partial charge >= 0.3 is 11.9 Å². The Labute approximate surface area is 515 Å². The van der Waals surface area contributed by atoms with Crippen molar-refractivity contribution in [3.05, 3.63) is 72.3 Å². The van der Waals surface area contributed by atoms with Crippen LogP contribution < -0.4 is 53.6 Å². The molecule has 18 N–H and O–H groups in total. The first kappa shape index (κ1) is 71.3. The fourth-order valence-electron chi connectivity index (χ4n) is 9.94. The Morgan fingerprint density at radius 3 is 1.62 bits per heavy atom. The number of carbonyl (C=O) groups is 13. The first-order chi connectivity index (χ1) is 42.9. The fraction of sp³-hybridized carbons (Fsp3) is 0.554. The lowest BCUT2D eigenvalue weighted by atomic mass is 9.98. The molecule has 5 rings (SSSR count). The highest BCUT2D eigenvalue weighted by Crippen LogP contribution is 2.22. The molecule has 34 nitrogen and oxygen atoms in total. The number of carboxylic acid groups (broad SMARTS) is 2. The second-order valence-electron chi connectivity index (χ2n) is 21.8. The van der Waals surface area contributed by atoms with Crippen LogP contribution in [0.1, 0.15) is 82.7 Å². The van der Waals surface area contributed by atoms with Crippen molar-refractivity contribution in [1.82, 2.24) is 77.6 Å². The monoisotopic (exact) mass is 1260 g/mol. The Hall–Kier alpha value is -9.41. The Morgan fingerprint density at radius 1 is 0.589 bits per heavy atom. The number of nitrogens with zero attached hydrogens (tertiary/aromatic N) is 4. The van der Waals surface area contributed by atoms with E-state index in [9.17, 15) is 87.9 Å². The van der Waals surface area contributed by atoms with Crippen LogP contribution in [-0.2, 0) is 81.6 Å². The number of hydrogen-bond donors (Lipinski definition) is 17. The second kappa shape index (κ2) is 35.0. The van der Waals surface area contributed by atoms with Crippen LogP contribution >= 0.6 is 0 Å². The first-order valence-electron chi connectivity index (χ1n) is 29.2.